The lowest BCUT2D eigenvalue weighted by Gasteiger charge is -2.33. The lowest BCUT2D eigenvalue weighted by molar-refractivity contribution is -0.153. The molecule has 15 heavy (non-hydrogen) atoms. The summed E-state index contributed by atoms with van der Waals surface area (Å²) in [6.45, 7) is 10.6. The molecule has 0 spiro atoms. The largest absolute Gasteiger partial charge is 0.344 e. The Morgan fingerprint density at radius 3 is 2.53 bits per heavy atom. The highest BCUT2D eigenvalue weighted by atomic mass is 16.8. The summed E-state index contributed by atoms with van der Waals surface area (Å²) >= 11 is 0. The van der Waals surface area contributed by atoms with E-state index in [4.69, 9.17) is 9.47 Å². The van der Waals surface area contributed by atoms with E-state index in [9.17, 15) is 0 Å². The van der Waals surface area contributed by atoms with Gasteiger partial charge >= 0.3 is 0 Å². The fraction of sp³-hybridized carbons (Fsp3) is 0.846. The van der Waals surface area contributed by atoms with E-state index in [1.807, 2.05) is 13.8 Å². The maximum Gasteiger partial charge on any atom is 0.164 e. The predicted octanol–water partition coefficient (Wildman–Crippen LogP) is 3.13. The third kappa shape index (κ3) is 1.98. The summed E-state index contributed by atoms with van der Waals surface area (Å²) in [6.07, 6.45) is 5.78. The Balaban J connectivity index is 2.19. The molecule has 2 heteroatoms. The first-order chi connectivity index (χ1) is 6.82. The van der Waals surface area contributed by atoms with Crippen LogP contribution in [0.3, 0.4) is 0 Å². The monoisotopic (exact) mass is 210 g/mol. The first-order valence-corrected chi connectivity index (χ1v) is 5.90. The molecule has 0 N–H and O–H groups in total. The summed E-state index contributed by atoms with van der Waals surface area (Å²) < 4.78 is 11.9. The normalized spacial score (nSPS) is 43.3. The summed E-state index contributed by atoms with van der Waals surface area (Å²) in [5.74, 6) is 0.869. The number of hydrogen-bond donors (Lipinski definition) is 0. The highest BCUT2D eigenvalue weighted by Gasteiger charge is 2.50. The van der Waals surface area contributed by atoms with Crippen molar-refractivity contribution in [2.75, 3.05) is 0 Å². The Labute approximate surface area is 92.6 Å². The molecule has 2 rings (SSSR count). The highest BCUT2D eigenvalue weighted by Crippen LogP contribution is 2.44. The molecule has 2 nitrogen and oxygen atoms in total. The molecule has 1 aliphatic carbocycles. The SMILES string of the molecule is CC(C)[C@H]1C=C[C@]2(C)OC(C)(C)O[C@@H]2C1. The van der Waals surface area contributed by atoms with Crippen LogP contribution in [0.1, 0.15) is 41.0 Å². The van der Waals surface area contributed by atoms with Crippen LogP contribution in [0.5, 0.6) is 0 Å². The first kappa shape index (κ1) is 11.2. The van der Waals surface area contributed by atoms with Gasteiger partial charge in [-0.15, -0.1) is 0 Å². The van der Waals surface area contributed by atoms with E-state index in [0.29, 0.717) is 11.8 Å². The van der Waals surface area contributed by atoms with E-state index in [1.165, 1.54) is 0 Å². The molecule has 0 amide bonds. The van der Waals surface area contributed by atoms with Gasteiger partial charge in [-0.1, -0.05) is 26.0 Å². The summed E-state index contributed by atoms with van der Waals surface area (Å²) in [6, 6.07) is 0. The van der Waals surface area contributed by atoms with Crippen molar-refractivity contribution in [3.05, 3.63) is 12.2 Å². The Hall–Kier alpha value is -0.340. The van der Waals surface area contributed by atoms with Crippen molar-refractivity contribution in [2.45, 2.75) is 58.5 Å². The molecule has 0 aromatic heterocycles. The molecule has 1 saturated heterocycles. The van der Waals surface area contributed by atoms with E-state index in [2.05, 4.69) is 32.9 Å². The Kier molecular flexibility index (Phi) is 2.47. The number of rotatable bonds is 1. The third-order valence-electron chi connectivity index (χ3n) is 3.55. The lowest BCUT2D eigenvalue weighted by Crippen LogP contribution is -2.39. The van der Waals surface area contributed by atoms with E-state index in [1.54, 1.807) is 0 Å². The molecule has 0 aromatic rings. The second-order valence-corrected chi connectivity index (χ2v) is 5.79. The minimum atomic E-state index is -0.435. The van der Waals surface area contributed by atoms with E-state index >= 15 is 0 Å². The van der Waals surface area contributed by atoms with Gasteiger partial charge < -0.3 is 9.47 Å². The topological polar surface area (TPSA) is 18.5 Å². The highest BCUT2D eigenvalue weighted by molar-refractivity contribution is 5.14. The van der Waals surface area contributed by atoms with Gasteiger partial charge in [-0.2, -0.15) is 0 Å². The second-order valence-electron chi connectivity index (χ2n) is 5.79. The maximum atomic E-state index is 5.96. The van der Waals surface area contributed by atoms with Gasteiger partial charge in [0.2, 0.25) is 0 Å². The molecule has 0 aromatic carbocycles. The minimum Gasteiger partial charge on any atom is -0.344 e. The van der Waals surface area contributed by atoms with Crippen LogP contribution in [-0.4, -0.2) is 17.5 Å². The van der Waals surface area contributed by atoms with Crippen molar-refractivity contribution in [1.29, 1.82) is 0 Å². The Morgan fingerprint density at radius 1 is 1.27 bits per heavy atom. The standard InChI is InChI=1S/C13H22O2/c1-9(2)10-6-7-13(5)11(8-10)14-12(3,4)15-13/h6-7,9-11H,8H2,1-5H3/t10-,11+,13-/m0/s1. The lowest BCUT2D eigenvalue weighted by atomic mass is 9.79. The summed E-state index contributed by atoms with van der Waals surface area (Å²) in [4.78, 5) is 0. The van der Waals surface area contributed by atoms with Crippen LogP contribution < -0.4 is 0 Å². The van der Waals surface area contributed by atoms with Crippen LogP contribution in [0.2, 0.25) is 0 Å². The molecule has 0 saturated carbocycles. The molecule has 3 atom stereocenters. The number of allylic oxidation sites excluding steroid dienone is 1. The van der Waals surface area contributed by atoms with Gasteiger partial charge in [0.1, 0.15) is 5.60 Å². The van der Waals surface area contributed by atoms with Gasteiger partial charge in [-0.25, -0.2) is 0 Å². The summed E-state index contributed by atoms with van der Waals surface area (Å²) in [5, 5.41) is 0. The van der Waals surface area contributed by atoms with Gasteiger partial charge in [-0.05, 0) is 39.0 Å². The van der Waals surface area contributed by atoms with Crippen molar-refractivity contribution in [1.82, 2.24) is 0 Å². The van der Waals surface area contributed by atoms with Crippen LogP contribution in [-0.2, 0) is 9.47 Å². The smallest absolute Gasteiger partial charge is 0.164 e. The molecular weight excluding hydrogens is 188 g/mol. The Bertz CT molecular complexity index is 280. The number of hydrogen-bond acceptors (Lipinski definition) is 2. The Morgan fingerprint density at radius 2 is 1.93 bits per heavy atom. The van der Waals surface area contributed by atoms with Crippen LogP contribution in [0.4, 0.5) is 0 Å². The molecule has 1 heterocycles. The van der Waals surface area contributed by atoms with Crippen molar-refractivity contribution >= 4 is 0 Å². The molecule has 0 bridgehead atoms. The zero-order chi connectivity index (χ0) is 11.3. The van der Waals surface area contributed by atoms with Gasteiger partial charge in [-0.3, -0.25) is 0 Å². The van der Waals surface area contributed by atoms with Crippen molar-refractivity contribution in [3.63, 3.8) is 0 Å². The minimum absolute atomic E-state index is 0.213. The van der Waals surface area contributed by atoms with Gasteiger partial charge in [0, 0.05) is 0 Å². The van der Waals surface area contributed by atoms with E-state index < -0.39 is 5.79 Å². The maximum absolute atomic E-state index is 5.96. The number of ether oxygens (including phenoxy) is 2. The molecule has 0 unspecified atom stereocenters. The molecule has 1 fully saturated rings. The fourth-order valence-electron chi connectivity index (χ4n) is 2.64. The van der Waals surface area contributed by atoms with Crippen molar-refractivity contribution in [2.24, 2.45) is 11.8 Å². The van der Waals surface area contributed by atoms with Crippen LogP contribution >= 0.6 is 0 Å². The molecule has 1 aliphatic heterocycles. The van der Waals surface area contributed by atoms with Crippen molar-refractivity contribution in [3.8, 4) is 0 Å². The fourth-order valence-corrected chi connectivity index (χ4v) is 2.64. The third-order valence-corrected chi connectivity index (χ3v) is 3.55. The molecular formula is C13H22O2. The van der Waals surface area contributed by atoms with E-state index in [0.717, 1.165) is 6.42 Å². The summed E-state index contributed by atoms with van der Waals surface area (Å²) in [7, 11) is 0. The molecule has 0 radical (unpaired) electrons. The molecule has 2 aliphatic rings. The van der Waals surface area contributed by atoms with Gasteiger partial charge in [0.05, 0.1) is 6.10 Å². The average molecular weight is 210 g/mol. The predicted molar refractivity (Wildman–Crippen MR) is 60.5 cm³/mol. The zero-order valence-corrected chi connectivity index (χ0v) is 10.4. The average Bonchev–Trinajstić information content (AvgIpc) is 2.31. The zero-order valence-electron chi connectivity index (χ0n) is 10.4. The van der Waals surface area contributed by atoms with Gasteiger partial charge in [0.25, 0.3) is 0 Å². The van der Waals surface area contributed by atoms with Gasteiger partial charge in [0.15, 0.2) is 5.79 Å². The van der Waals surface area contributed by atoms with E-state index in [-0.39, 0.29) is 11.7 Å². The van der Waals surface area contributed by atoms with Crippen molar-refractivity contribution < 1.29 is 9.47 Å². The quantitative estimate of drug-likeness (QED) is 0.619. The van der Waals surface area contributed by atoms with Crippen LogP contribution in [0, 0.1) is 11.8 Å². The second kappa shape index (κ2) is 3.33. The summed E-state index contributed by atoms with van der Waals surface area (Å²) in [5.41, 5.74) is -0.213. The molecule has 86 valence electrons. The number of fused-ring (bicyclic) bond motifs is 1. The first-order valence-electron chi connectivity index (χ1n) is 5.90. The van der Waals surface area contributed by atoms with Crippen LogP contribution in [0.15, 0.2) is 12.2 Å². The van der Waals surface area contributed by atoms with Crippen LogP contribution in [0.25, 0.3) is 0 Å².